The van der Waals surface area contributed by atoms with Gasteiger partial charge in [-0.25, -0.2) is 4.98 Å². The van der Waals surface area contributed by atoms with Crippen LogP contribution in [0.2, 0.25) is 5.02 Å². The maximum atomic E-state index is 5.88. The van der Waals surface area contributed by atoms with Crippen LogP contribution in [0.1, 0.15) is 17.5 Å². The van der Waals surface area contributed by atoms with Gasteiger partial charge in [0, 0.05) is 22.0 Å². The lowest BCUT2D eigenvalue weighted by atomic mass is 10.2. The monoisotopic (exact) mass is 266 g/mol. The van der Waals surface area contributed by atoms with Crippen LogP contribution in [0.5, 0.6) is 0 Å². The molecule has 4 heteroatoms. The zero-order chi connectivity index (χ0) is 12.3. The highest BCUT2D eigenvalue weighted by Crippen LogP contribution is 2.28. The average molecular weight is 267 g/mol. The average Bonchev–Trinajstić information content (AvgIpc) is 2.69. The summed E-state index contributed by atoms with van der Waals surface area (Å²) in [7, 11) is 0. The van der Waals surface area contributed by atoms with Crippen molar-refractivity contribution in [3.63, 3.8) is 0 Å². The standard InChI is InChI=1S/C13H15ClN2S/c1-3-15-8-12-9(2)16-13(17-12)10-4-6-11(14)7-5-10/h4-7,15H,3,8H2,1-2H3. The van der Waals surface area contributed by atoms with Crippen LogP contribution in [0.4, 0.5) is 0 Å². The summed E-state index contributed by atoms with van der Waals surface area (Å²) < 4.78 is 0. The SMILES string of the molecule is CCNCc1sc(-c2ccc(Cl)cc2)nc1C. The minimum absolute atomic E-state index is 0.759. The molecule has 2 rings (SSSR count). The molecule has 0 aliphatic heterocycles. The van der Waals surface area contributed by atoms with Crippen molar-refractivity contribution in [2.75, 3.05) is 6.54 Å². The molecule has 0 atom stereocenters. The normalized spacial score (nSPS) is 10.8. The Morgan fingerprint density at radius 3 is 2.65 bits per heavy atom. The molecule has 1 heterocycles. The minimum Gasteiger partial charge on any atom is -0.312 e. The van der Waals surface area contributed by atoms with Crippen LogP contribution in [-0.4, -0.2) is 11.5 Å². The molecule has 0 aliphatic carbocycles. The molecule has 0 aliphatic rings. The molecule has 2 aromatic rings. The molecule has 1 aromatic carbocycles. The van der Waals surface area contributed by atoms with Gasteiger partial charge in [-0.1, -0.05) is 30.7 Å². The number of rotatable bonds is 4. The number of halogens is 1. The number of benzene rings is 1. The first-order chi connectivity index (χ1) is 8.20. The summed E-state index contributed by atoms with van der Waals surface area (Å²) in [6.07, 6.45) is 0. The quantitative estimate of drug-likeness (QED) is 0.908. The molecule has 1 N–H and O–H groups in total. The van der Waals surface area contributed by atoms with Gasteiger partial charge in [-0.2, -0.15) is 0 Å². The van der Waals surface area contributed by atoms with E-state index in [4.69, 9.17) is 11.6 Å². The van der Waals surface area contributed by atoms with Gasteiger partial charge in [0.15, 0.2) is 0 Å². The Balaban J connectivity index is 2.24. The smallest absolute Gasteiger partial charge is 0.123 e. The summed E-state index contributed by atoms with van der Waals surface area (Å²) in [5.41, 5.74) is 2.24. The van der Waals surface area contributed by atoms with E-state index in [1.54, 1.807) is 11.3 Å². The van der Waals surface area contributed by atoms with Gasteiger partial charge in [-0.15, -0.1) is 11.3 Å². The van der Waals surface area contributed by atoms with Crippen LogP contribution >= 0.6 is 22.9 Å². The third kappa shape index (κ3) is 3.06. The van der Waals surface area contributed by atoms with Crippen molar-refractivity contribution >= 4 is 22.9 Å². The van der Waals surface area contributed by atoms with Crippen molar-refractivity contribution < 1.29 is 0 Å². The van der Waals surface area contributed by atoms with Gasteiger partial charge in [0.25, 0.3) is 0 Å². The van der Waals surface area contributed by atoms with Gasteiger partial charge in [-0.3, -0.25) is 0 Å². The Bertz CT molecular complexity index is 491. The lowest BCUT2D eigenvalue weighted by Gasteiger charge is -1.97. The molecule has 1 aromatic heterocycles. The molecule has 0 saturated heterocycles. The van der Waals surface area contributed by atoms with E-state index >= 15 is 0 Å². The Kier molecular flexibility index (Phi) is 4.15. The third-order valence-electron chi connectivity index (χ3n) is 2.52. The van der Waals surface area contributed by atoms with Crippen LogP contribution in [0, 0.1) is 6.92 Å². The molecular weight excluding hydrogens is 252 g/mol. The number of nitrogens with one attached hydrogen (secondary N) is 1. The first-order valence-corrected chi connectivity index (χ1v) is 6.83. The van der Waals surface area contributed by atoms with Crippen molar-refractivity contribution in [1.82, 2.24) is 10.3 Å². The lowest BCUT2D eigenvalue weighted by Crippen LogP contribution is -2.11. The molecule has 0 amide bonds. The largest absolute Gasteiger partial charge is 0.312 e. The van der Waals surface area contributed by atoms with Crippen LogP contribution < -0.4 is 5.32 Å². The van der Waals surface area contributed by atoms with Gasteiger partial charge in [0.1, 0.15) is 5.01 Å². The van der Waals surface area contributed by atoms with E-state index in [0.717, 1.165) is 34.4 Å². The first-order valence-electron chi connectivity index (χ1n) is 5.63. The van der Waals surface area contributed by atoms with E-state index in [1.165, 1.54) is 4.88 Å². The molecule has 0 bridgehead atoms. The van der Waals surface area contributed by atoms with E-state index in [9.17, 15) is 0 Å². The summed E-state index contributed by atoms with van der Waals surface area (Å²) in [6.45, 7) is 6.04. The van der Waals surface area contributed by atoms with Gasteiger partial charge >= 0.3 is 0 Å². The molecule has 0 radical (unpaired) electrons. The van der Waals surface area contributed by atoms with E-state index < -0.39 is 0 Å². The van der Waals surface area contributed by atoms with Gasteiger partial charge in [0.05, 0.1) is 5.69 Å². The van der Waals surface area contributed by atoms with Crippen LogP contribution in [0.3, 0.4) is 0 Å². The maximum absolute atomic E-state index is 5.88. The fourth-order valence-corrected chi connectivity index (χ4v) is 2.71. The molecule has 90 valence electrons. The highest BCUT2D eigenvalue weighted by Gasteiger charge is 2.08. The van der Waals surface area contributed by atoms with Crippen molar-refractivity contribution in [3.8, 4) is 10.6 Å². The van der Waals surface area contributed by atoms with E-state index in [0.29, 0.717) is 0 Å². The van der Waals surface area contributed by atoms with Gasteiger partial charge < -0.3 is 5.32 Å². The topological polar surface area (TPSA) is 24.9 Å². The Morgan fingerprint density at radius 1 is 1.29 bits per heavy atom. The zero-order valence-corrected chi connectivity index (χ0v) is 11.5. The van der Waals surface area contributed by atoms with Crippen LogP contribution in [0.15, 0.2) is 24.3 Å². The molecule has 2 nitrogen and oxygen atoms in total. The number of aromatic nitrogens is 1. The predicted octanol–water partition coefficient (Wildman–Crippen LogP) is 3.88. The molecule has 0 unspecified atom stereocenters. The van der Waals surface area contributed by atoms with Crippen molar-refractivity contribution in [2.45, 2.75) is 20.4 Å². The van der Waals surface area contributed by atoms with Crippen LogP contribution in [-0.2, 0) is 6.54 Å². The van der Waals surface area contributed by atoms with Crippen molar-refractivity contribution in [1.29, 1.82) is 0 Å². The Hall–Kier alpha value is -0.900. The molecule has 17 heavy (non-hydrogen) atoms. The van der Waals surface area contributed by atoms with E-state index in [2.05, 4.69) is 24.1 Å². The van der Waals surface area contributed by atoms with E-state index in [-0.39, 0.29) is 0 Å². The zero-order valence-electron chi connectivity index (χ0n) is 9.96. The molecular formula is C13H15ClN2S. The lowest BCUT2D eigenvalue weighted by molar-refractivity contribution is 0.731. The Morgan fingerprint density at radius 2 is 2.00 bits per heavy atom. The summed E-state index contributed by atoms with van der Waals surface area (Å²) in [5.74, 6) is 0. The number of nitrogens with zero attached hydrogens (tertiary/aromatic N) is 1. The van der Waals surface area contributed by atoms with Crippen molar-refractivity contribution in [2.24, 2.45) is 0 Å². The second kappa shape index (κ2) is 5.63. The fraction of sp³-hybridized carbons (Fsp3) is 0.308. The van der Waals surface area contributed by atoms with Gasteiger partial charge in [-0.05, 0) is 25.6 Å². The summed E-state index contributed by atoms with van der Waals surface area (Å²) >= 11 is 7.62. The molecule has 0 fully saturated rings. The van der Waals surface area contributed by atoms with Gasteiger partial charge in [0.2, 0.25) is 0 Å². The Labute approximate surface area is 111 Å². The second-order valence-electron chi connectivity index (χ2n) is 3.81. The summed E-state index contributed by atoms with van der Waals surface area (Å²) in [6, 6.07) is 7.82. The first kappa shape index (κ1) is 12.6. The van der Waals surface area contributed by atoms with Crippen molar-refractivity contribution in [3.05, 3.63) is 39.9 Å². The number of hydrogen-bond acceptors (Lipinski definition) is 3. The number of aryl methyl sites for hydroxylation is 1. The molecule has 0 spiro atoms. The maximum Gasteiger partial charge on any atom is 0.123 e. The summed E-state index contributed by atoms with van der Waals surface area (Å²) in [4.78, 5) is 5.90. The minimum atomic E-state index is 0.759. The number of thiazole rings is 1. The molecule has 0 saturated carbocycles. The highest BCUT2D eigenvalue weighted by molar-refractivity contribution is 7.15. The van der Waals surface area contributed by atoms with Crippen LogP contribution in [0.25, 0.3) is 10.6 Å². The highest BCUT2D eigenvalue weighted by atomic mass is 35.5. The number of hydrogen-bond donors (Lipinski definition) is 1. The predicted molar refractivity (Wildman–Crippen MR) is 74.7 cm³/mol. The third-order valence-corrected chi connectivity index (χ3v) is 3.98. The fourth-order valence-electron chi connectivity index (χ4n) is 1.55. The van der Waals surface area contributed by atoms with E-state index in [1.807, 2.05) is 24.3 Å². The summed E-state index contributed by atoms with van der Waals surface area (Å²) in [5, 5.41) is 5.15. The second-order valence-corrected chi connectivity index (χ2v) is 5.33.